The molecule has 1 atom stereocenters. The molecular formula is C14H11F4N3O. The van der Waals surface area contributed by atoms with E-state index in [1.54, 1.807) is 6.92 Å². The average molecular weight is 313 g/mol. The van der Waals surface area contributed by atoms with E-state index in [0.717, 1.165) is 0 Å². The van der Waals surface area contributed by atoms with E-state index >= 15 is 0 Å². The maximum Gasteiger partial charge on any atom is 0.471 e. The molecule has 1 aromatic heterocycles. The number of aromatic nitrogens is 2. The molecule has 1 aliphatic heterocycles. The zero-order chi connectivity index (χ0) is 16.1. The Kier molecular flexibility index (Phi) is 3.19. The first kappa shape index (κ1) is 14.6. The molecule has 1 aliphatic rings. The van der Waals surface area contributed by atoms with Gasteiger partial charge in [-0.15, -0.1) is 0 Å². The first-order valence-corrected chi connectivity index (χ1v) is 6.52. The summed E-state index contributed by atoms with van der Waals surface area (Å²) in [5.74, 6) is -2.33. The lowest BCUT2D eigenvalue weighted by Crippen LogP contribution is -2.44. The molecule has 22 heavy (non-hydrogen) atoms. The maximum atomic E-state index is 13.0. The van der Waals surface area contributed by atoms with Crippen molar-refractivity contribution in [3.8, 4) is 5.69 Å². The Morgan fingerprint density at radius 3 is 2.50 bits per heavy atom. The van der Waals surface area contributed by atoms with Gasteiger partial charge in [0.1, 0.15) is 5.82 Å². The average Bonchev–Trinajstić information content (AvgIpc) is 2.96. The van der Waals surface area contributed by atoms with E-state index in [0.29, 0.717) is 16.3 Å². The molecule has 116 valence electrons. The van der Waals surface area contributed by atoms with E-state index in [2.05, 4.69) is 5.10 Å². The second-order valence-corrected chi connectivity index (χ2v) is 5.09. The van der Waals surface area contributed by atoms with Crippen molar-refractivity contribution in [2.75, 3.05) is 4.90 Å². The summed E-state index contributed by atoms with van der Waals surface area (Å²) in [7, 11) is 0. The first-order valence-electron chi connectivity index (χ1n) is 6.52. The summed E-state index contributed by atoms with van der Waals surface area (Å²) in [6.07, 6.45) is -3.46. The molecule has 2 aromatic rings. The van der Waals surface area contributed by atoms with Crippen LogP contribution >= 0.6 is 0 Å². The topological polar surface area (TPSA) is 38.1 Å². The van der Waals surface area contributed by atoms with Gasteiger partial charge in [-0.25, -0.2) is 9.07 Å². The van der Waals surface area contributed by atoms with Crippen molar-refractivity contribution in [3.05, 3.63) is 42.0 Å². The molecule has 0 bridgehead atoms. The van der Waals surface area contributed by atoms with E-state index in [9.17, 15) is 22.4 Å². The van der Waals surface area contributed by atoms with Crippen molar-refractivity contribution in [1.29, 1.82) is 0 Å². The van der Waals surface area contributed by atoms with Gasteiger partial charge in [-0.05, 0) is 31.2 Å². The summed E-state index contributed by atoms with van der Waals surface area (Å²) >= 11 is 0. The number of benzene rings is 1. The SMILES string of the molecule is CC1Cc2c(cnn2-c2ccc(F)cc2)N1C(=O)C(F)(F)F. The lowest BCUT2D eigenvalue weighted by Gasteiger charge is -2.22. The molecule has 0 fully saturated rings. The molecule has 3 rings (SSSR count). The van der Waals surface area contributed by atoms with Gasteiger partial charge in [-0.3, -0.25) is 9.69 Å². The normalized spacial score (nSPS) is 17.7. The fraction of sp³-hybridized carbons (Fsp3) is 0.286. The van der Waals surface area contributed by atoms with Gasteiger partial charge >= 0.3 is 12.1 Å². The number of rotatable bonds is 1. The Bertz CT molecular complexity index is 721. The lowest BCUT2D eigenvalue weighted by atomic mass is 10.2. The summed E-state index contributed by atoms with van der Waals surface area (Å²) in [6.45, 7) is 1.54. The molecule has 0 spiro atoms. The van der Waals surface area contributed by atoms with Crippen molar-refractivity contribution >= 4 is 11.6 Å². The third kappa shape index (κ3) is 2.24. The molecule has 0 saturated carbocycles. The highest BCUT2D eigenvalue weighted by atomic mass is 19.4. The number of alkyl halides is 3. The van der Waals surface area contributed by atoms with Crippen molar-refractivity contribution in [1.82, 2.24) is 9.78 Å². The van der Waals surface area contributed by atoms with Gasteiger partial charge in [0, 0.05) is 12.5 Å². The molecule has 8 heteroatoms. The molecule has 2 heterocycles. The lowest BCUT2D eigenvalue weighted by molar-refractivity contribution is -0.170. The van der Waals surface area contributed by atoms with Gasteiger partial charge in [-0.1, -0.05) is 0 Å². The summed E-state index contributed by atoms with van der Waals surface area (Å²) in [4.78, 5) is 12.3. The number of halogens is 4. The van der Waals surface area contributed by atoms with E-state index in [-0.39, 0.29) is 12.1 Å². The minimum Gasteiger partial charge on any atom is -0.298 e. The Hall–Kier alpha value is -2.38. The van der Waals surface area contributed by atoms with Crippen LogP contribution in [0.25, 0.3) is 5.69 Å². The highest BCUT2D eigenvalue weighted by Gasteiger charge is 2.48. The highest BCUT2D eigenvalue weighted by Crippen LogP contribution is 2.36. The Balaban J connectivity index is 2.02. The smallest absolute Gasteiger partial charge is 0.298 e. The van der Waals surface area contributed by atoms with E-state index in [4.69, 9.17) is 0 Å². The maximum absolute atomic E-state index is 13.0. The number of fused-ring (bicyclic) bond motifs is 1. The molecule has 1 aromatic carbocycles. The number of anilines is 1. The number of carbonyl (C=O) groups excluding carboxylic acids is 1. The number of carbonyl (C=O) groups is 1. The summed E-state index contributed by atoms with van der Waals surface area (Å²) in [6, 6.07) is 4.80. The monoisotopic (exact) mass is 313 g/mol. The predicted molar refractivity (Wildman–Crippen MR) is 70.2 cm³/mol. The largest absolute Gasteiger partial charge is 0.471 e. The zero-order valence-corrected chi connectivity index (χ0v) is 11.4. The highest BCUT2D eigenvalue weighted by molar-refractivity contribution is 5.99. The van der Waals surface area contributed by atoms with Crippen molar-refractivity contribution < 1.29 is 22.4 Å². The van der Waals surface area contributed by atoms with Crippen LogP contribution < -0.4 is 4.90 Å². The van der Waals surface area contributed by atoms with Crippen molar-refractivity contribution in [3.63, 3.8) is 0 Å². The van der Waals surface area contributed by atoms with Crippen LogP contribution in [-0.4, -0.2) is 27.9 Å². The summed E-state index contributed by atoms with van der Waals surface area (Å²) in [5.41, 5.74) is 1.16. The van der Waals surface area contributed by atoms with Crippen LogP contribution in [0.15, 0.2) is 30.5 Å². The molecular weight excluding hydrogens is 302 g/mol. The third-order valence-corrected chi connectivity index (χ3v) is 3.57. The van der Waals surface area contributed by atoms with Crippen LogP contribution in [0.2, 0.25) is 0 Å². The van der Waals surface area contributed by atoms with Crippen LogP contribution in [-0.2, 0) is 11.2 Å². The minimum absolute atomic E-state index is 0.138. The van der Waals surface area contributed by atoms with Gasteiger partial charge in [0.2, 0.25) is 0 Å². The summed E-state index contributed by atoms with van der Waals surface area (Å²) in [5, 5.41) is 4.02. The second-order valence-electron chi connectivity index (χ2n) is 5.09. The van der Waals surface area contributed by atoms with Gasteiger partial charge in [0.25, 0.3) is 0 Å². The third-order valence-electron chi connectivity index (χ3n) is 3.57. The van der Waals surface area contributed by atoms with Gasteiger partial charge in [-0.2, -0.15) is 18.3 Å². The molecule has 1 unspecified atom stereocenters. The van der Waals surface area contributed by atoms with Crippen LogP contribution in [0.1, 0.15) is 12.6 Å². The van der Waals surface area contributed by atoms with Gasteiger partial charge < -0.3 is 0 Å². The van der Waals surface area contributed by atoms with Crippen LogP contribution in [0.4, 0.5) is 23.2 Å². The molecule has 0 N–H and O–H groups in total. The van der Waals surface area contributed by atoms with E-state index in [1.165, 1.54) is 35.1 Å². The quantitative estimate of drug-likeness (QED) is 0.759. The van der Waals surface area contributed by atoms with Crippen LogP contribution in [0, 0.1) is 5.82 Å². The van der Waals surface area contributed by atoms with Crippen LogP contribution in [0.5, 0.6) is 0 Å². The zero-order valence-electron chi connectivity index (χ0n) is 11.4. The number of hydrogen-bond donors (Lipinski definition) is 0. The molecule has 1 amide bonds. The Morgan fingerprint density at radius 1 is 1.27 bits per heavy atom. The Labute approximate surface area is 122 Å². The first-order chi connectivity index (χ1) is 10.3. The molecule has 0 saturated heterocycles. The Morgan fingerprint density at radius 2 is 1.91 bits per heavy atom. The summed E-state index contributed by atoms with van der Waals surface area (Å²) < 4.78 is 52.4. The van der Waals surface area contributed by atoms with Crippen LogP contribution in [0.3, 0.4) is 0 Å². The molecule has 0 aliphatic carbocycles. The number of hydrogen-bond acceptors (Lipinski definition) is 2. The van der Waals surface area contributed by atoms with Crippen molar-refractivity contribution in [2.45, 2.75) is 25.6 Å². The fourth-order valence-corrected chi connectivity index (χ4v) is 2.62. The van der Waals surface area contributed by atoms with Gasteiger partial charge in [0.15, 0.2) is 0 Å². The second kappa shape index (κ2) is 4.82. The predicted octanol–water partition coefficient (Wildman–Crippen LogP) is 2.85. The fourth-order valence-electron chi connectivity index (χ4n) is 2.62. The molecule has 4 nitrogen and oxygen atoms in total. The standard InChI is InChI=1S/C14H11F4N3O/c1-8-6-11-12(20(8)13(22)14(16,17)18)7-19-21(11)10-4-2-9(15)3-5-10/h2-5,7-8H,6H2,1H3. The van der Waals surface area contributed by atoms with E-state index in [1.807, 2.05) is 0 Å². The van der Waals surface area contributed by atoms with Gasteiger partial charge in [0.05, 0.1) is 23.3 Å². The van der Waals surface area contributed by atoms with Crippen molar-refractivity contribution in [2.24, 2.45) is 0 Å². The van der Waals surface area contributed by atoms with E-state index < -0.39 is 23.9 Å². The number of nitrogens with zero attached hydrogens (tertiary/aromatic N) is 3. The number of amides is 1. The minimum atomic E-state index is -4.94. The molecule has 0 radical (unpaired) electrons.